The quantitative estimate of drug-likeness (QED) is 0.507. The van der Waals surface area contributed by atoms with Crippen molar-refractivity contribution in [1.82, 2.24) is 9.80 Å². The van der Waals surface area contributed by atoms with Crippen LogP contribution in [-0.4, -0.2) is 61.5 Å². The molecule has 0 bridgehead atoms. The number of esters is 1. The number of halogens is 1. The first-order valence-corrected chi connectivity index (χ1v) is 12.1. The summed E-state index contributed by atoms with van der Waals surface area (Å²) in [4.78, 5) is 29.7. The molecule has 2 heterocycles. The van der Waals surface area contributed by atoms with Crippen LogP contribution in [0.3, 0.4) is 0 Å². The van der Waals surface area contributed by atoms with Gasteiger partial charge in [-0.2, -0.15) is 0 Å². The van der Waals surface area contributed by atoms with Crippen molar-refractivity contribution in [1.29, 1.82) is 0 Å². The van der Waals surface area contributed by atoms with E-state index in [0.717, 1.165) is 55.0 Å². The molecule has 3 aromatic rings. The number of carbonyl (C=O) groups is 2. The van der Waals surface area contributed by atoms with E-state index in [4.69, 9.17) is 4.74 Å². The summed E-state index contributed by atoms with van der Waals surface area (Å²) in [6, 6.07) is 14.5. The molecular formula is C26H28FN3O3S. The normalized spacial score (nSPS) is 14.7. The van der Waals surface area contributed by atoms with Crippen molar-refractivity contribution in [3.8, 4) is 11.1 Å². The van der Waals surface area contributed by atoms with E-state index in [2.05, 4.69) is 15.1 Å². The number of thiophene rings is 1. The highest BCUT2D eigenvalue weighted by molar-refractivity contribution is 7.15. The number of piperazine rings is 1. The molecule has 1 aromatic heterocycles. The van der Waals surface area contributed by atoms with Crippen molar-refractivity contribution in [3.05, 3.63) is 76.4 Å². The molecular weight excluding hydrogens is 453 g/mol. The van der Waals surface area contributed by atoms with E-state index < -0.39 is 5.97 Å². The van der Waals surface area contributed by atoms with Gasteiger partial charge in [-0.1, -0.05) is 42.0 Å². The van der Waals surface area contributed by atoms with Gasteiger partial charge < -0.3 is 10.1 Å². The third-order valence-electron chi connectivity index (χ3n) is 5.95. The summed E-state index contributed by atoms with van der Waals surface area (Å²) in [6.45, 7) is 6.20. The Morgan fingerprint density at radius 1 is 1.00 bits per heavy atom. The molecule has 0 aliphatic carbocycles. The first-order chi connectivity index (χ1) is 16.4. The summed E-state index contributed by atoms with van der Waals surface area (Å²) < 4.78 is 18.1. The zero-order valence-electron chi connectivity index (χ0n) is 19.3. The van der Waals surface area contributed by atoms with Crippen LogP contribution >= 0.6 is 11.3 Å². The minimum absolute atomic E-state index is 0.158. The maximum atomic E-state index is 13.1. The lowest BCUT2D eigenvalue weighted by Gasteiger charge is -2.34. The van der Waals surface area contributed by atoms with Gasteiger partial charge in [0, 0.05) is 43.7 Å². The summed E-state index contributed by atoms with van der Waals surface area (Å²) in [6.07, 6.45) is 0. The number of nitrogens with zero attached hydrogens (tertiary/aromatic N) is 2. The van der Waals surface area contributed by atoms with Gasteiger partial charge in [0.2, 0.25) is 5.91 Å². The molecule has 0 spiro atoms. The van der Waals surface area contributed by atoms with E-state index in [9.17, 15) is 14.0 Å². The lowest BCUT2D eigenvalue weighted by Crippen LogP contribution is -2.48. The van der Waals surface area contributed by atoms with E-state index in [-0.39, 0.29) is 18.3 Å². The Balaban J connectivity index is 1.35. The minimum atomic E-state index is -0.471. The van der Waals surface area contributed by atoms with Gasteiger partial charge >= 0.3 is 5.97 Å². The SMILES string of the molecule is COC(=O)c1c(-c2ccc(C)cc2)csc1NC(=O)CN1CCN(Cc2ccc(F)cc2)CC1. The van der Waals surface area contributed by atoms with Crippen molar-refractivity contribution in [2.75, 3.05) is 45.2 Å². The topological polar surface area (TPSA) is 61.9 Å². The van der Waals surface area contributed by atoms with Crippen molar-refractivity contribution in [2.45, 2.75) is 13.5 Å². The van der Waals surface area contributed by atoms with Crippen LogP contribution < -0.4 is 5.32 Å². The molecule has 1 N–H and O–H groups in total. The molecule has 8 heteroatoms. The van der Waals surface area contributed by atoms with Crippen molar-refractivity contribution < 1.29 is 18.7 Å². The Hall–Kier alpha value is -3.07. The van der Waals surface area contributed by atoms with Crippen LogP contribution in [0.5, 0.6) is 0 Å². The predicted octanol–water partition coefficient (Wildman–Crippen LogP) is 4.41. The number of amides is 1. The molecule has 0 saturated carbocycles. The fraction of sp³-hybridized carbons (Fsp3) is 0.308. The van der Waals surface area contributed by atoms with Gasteiger partial charge in [0.05, 0.1) is 13.7 Å². The van der Waals surface area contributed by atoms with Crippen molar-refractivity contribution in [3.63, 3.8) is 0 Å². The van der Waals surface area contributed by atoms with Crippen LogP contribution in [0.4, 0.5) is 9.39 Å². The lowest BCUT2D eigenvalue weighted by molar-refractivity contribution is -0.117. The van der Waals surface area contributed by atoms with E-state index in [1.165, 1.54) is 30.6 Å². The molecule has 1 aliphatic rings. The molecule has 0 atom stereocenters. The van der Waals surface area contributed by atoms with Gasteiger partial charge in [-0.25, -0.2) is 9.18 Å². The van der Waals surface area contributed by atoms with Crippen LogP contribution in [0.1, 0.15) is 21.5 Å². The average Bonchev–Trinajstić information content (AvgIpc) is 3.25. The fourth-order valence-corrected chi connectivity index (χ4v) is 5.00. The number of hydrogen-bond donors (Lipinski definition) is 1. The highest BCUT2D eigenvalue weighted by Gasteiger charge is 2.24. The molecule has 178 valence electrons. The Bertz CT molecular complexity index is 1140. The molecule has 4 rings (SSSR count). The molecule has 6 nitrogen and oxygen atoms in total. The standard InChI is InChI=1S/C26H28FN3O3S/c1-18-3-7-20(8-4-18)22-17-34-25(24(22)26(32)33-2)28-23(31)16-30-13-11-29(12-14-30)15-19-5-9-21(27)10-6-19/h3-10,17H,11-16H2,1-2H3,(H,28,31). The van der Waals surface area contributed by atoms with Crippen LogP contribution in [0, 0.1) is 12.7 Å². The molecule has 1 amide bonds. The summed E-state index contributed by atoms with van der Waals surface area (Å²) in [7, 11) is 1.34. The number of hydrogen-bond acceptors (Lipinski definition) is 6. The molecule has 0 radical (unpaired) electrons. The molecule has 1 aliphatic heterocycles. The Morgan fingerprint density at radius 3 is 2.29 bits per heavy atom. The number of benzene rings is 2. The predicted molar refractivity (Wildman–Crippen MR) is 133 cm³/mol. The first kappa shape index (κ1) is 24.1. The van der Waals surface area contributed by atoms with Gasteiger partial charge in [-0.15, -0.1) is 11.3 Å². The van der Waals surface area contributed by atoms with Crippen LogP contribution in [0.15, 0.2) is 53.9 Å². The molecule has 1 fully saturated rings. The number of nitrogens with one attached hydrogen (secondary N) is 1. The Morgan fingerprint density at radius 2 is 1.65 bits per heavy atom. The molecule has 2 aromatic carbocycles. The molecule has 1 saturated heterocycles. The monoisotopic (exact) mass is 481 g/mol. The van der Waals surface area contributed by atoms with Crippen molar-refractivity contribution in [2.24, 2.45) is 0 Å². The smallest absolute Gasteiger partial charge is 0.341 e. The van der Waals surface area contributed by atoms with Crippen LogP contribution in [0.2, 0.25) is 0 Å². The van der Waals surface area contributed by atoms with E-state index in [1.807, 2.05) is 36.6 Å². The number of carbonyl (C=O) groups excluding carboxylic acids is 2. The summed E-state index contributed by atoms with van der Waals surface area (Å²) >= 11 is 1.33. The molecule has 0 unspecified atom stereocenters. The maximum Gasteiger partial charge on any atom is 0.341 e. The third-order valence-corrected chi connectivity index (χ3v) is 6.84. The Kier molecular flexibility index (Phi) is 7.72. The number of rotatable bonds is 7. The Labute approximate surface area is 203 Å². The third kappa shape index (κ3) is 5.88. The van der Waals surface area contributed by atoms with E-state index in [0.29, 0.717) is 10.6 Å². The zero-order chi connectivity index (χ0) is 24.1. The summed E-state index contributed by atoms with van der Waals surface area (Å²) in [5, 5.41) is 5.30. The van der Waals surface area contributed by atoms with E-state index in [1.54, 1.807) is 12.1 Å². The van der Waals surface area contributed by atoms with Gasteiger partial charge in [0.25, 0.3) is 0 Å². The number of aryl methyl sites for hydroxylation is 1. The summed E-state index contributed by atoms with van der Waals surface area (Å²) in [5.74, 6) is -0.859. The van der Waals surface area contributed by atoms with Gasteiger partial charge in [0.15, 0.2) is 0 Å². The largest absolute Gasteiger partial charge is 0.465 e. The van der Waals surface area contributed by atoms with Gasteiger partial charge in [0.1, 0.15) is 16.4 Å². The highest BCUT2D eigenvalue weighted by Crippen LogP contribution is 2.36. The van der Waals surface area contributed by atoms with Crippen LogP contribution in [-0.2, 0) is 16.1 Å². The first-order valence-electron chi connectivity index (χ1n) is 11.2. The number of ether oxygens (including phenoxy) is 1. The maximum absolute atomic E-state index is 13.1. The second-order valence-electron chi connectivity index (χ2n) is 8.44. The van der Waals surface area contributed by atoms with Crippen molar-refractivity contribution >= 4 is 28.2 Å². The van der Waals surface area contributed by atoms with Gasteiger partial charge in [-0.05, 0) is 30.2 Å². The second kappa shape index (κ2) is 10.9. The van der Waals surface area contributed by atoms with Gasteiger partial charge in [-0.3, -0.25) is 14.6 Å². The van der Waals surface area contributed by atoms with E-state index >= 15 is 0 Å². The average molecular weight is 482 g/mol. The fourth-order valence-electron chi connectivity index (χ4n) is 4.02. The number of methoxy groups -OCH3 is 1. The molecule has 34 heavy (non-hydrogen) atoms. The highest BCUT2D eigenvalue weighted by atomic mass is 32.1. The lowest BCUT2D eigenvalue weighted by atomic mass is 10.0. The second-order valence-corrected chi connectivity index (χ2v) is 9.32. The van der Waals surface area contributed by atoms with Crippen LogP contribution in [0.25, 0.3) is 11.1 Å². The minimum Gasteiger partial charge on any atom is -0.465 e. The summed E-state index contributed by atoms with van der Waals surface area (Å²) in [5.41, 5.74) is 4.24. The zero-order valence-corrected chi connectivity index (χ0v) is 20.2. The number of anilines is 1.